The molecule has 4 rings (SSSR count). The van der Waals surface area contributed by atoms with Crippen molar-refractivity contribution in [3.63, 3.8) is 0 Å². The van der Waals surface area contributed by atoms with E-state index in [9.17, 15) is 14.4 Å². The van der Waals surface area contributed by atoms with Crippen LogP contribution in [0.5, 0.6) is 0 Å². The van der Waals surface area contributed by atoms with Crippen molar-refractivity contribution < 1.29 is 29.0 Å². The number of carbonyl (C=O) groups excluding carboxylic acids is 2. The monoisotopic (exact) mass is 474 g/mol. The molecule has 3 aliphatic heterocycles. The maximum Gasteiger partial charge on any atom is 0.410 e. The third kappa shape index (κ3) is 5.55. The number of fused-ring (bicyclic) bond motifs is 1. The standard InChI is InChI=1S/C24H34N4O6/c1-24(2,3)34-23(32)26-10-11-27-19(14-26)15-28(22(27)31)18-6-4-17(5-7-18)25-12-13-33-20(16-25)8-9-21(29)30/h4-7,19-20H,8-16H2,1-3H3,(H,29,30). The number of ether oxygens (including phenoxy) is 2. The molecule has 186 valence electrons. The van der Waals surface area contributed by atoms with Crippen LogP contribution in [0.1, 0.15) is 33.6 Å². The Kier molecular flexibility index (Phi) is 6.88. The molecule has 1 N–H and O–H groups in total. The van der Waals surface area contributed by atoms with E-state index in [1.807, 2.05) is 49.9 Å². The zero-order valence-corrected chi connectivity index (χ0v) is 20.1. The molecule has 2 atom stereocenters. The van der Waals surface area contributed by atoms with Crippen molar-refractivity contribution in [2.45, 2.75) is 51.4 Å². The first-order valence-corrected chi connectivity index (χ1v) is 11.9. The third-order valence-corrected chi connectivity index (χ3v) is 6.35. The van der Waals surface area contributed by atoms with Crippen LogP contribution in [0.4, 0.5) is 21.0 Å². The van der Waals surface area contributed by atoms with E-state index in [0.717, 1.165) is 17.9 Å². The van der Waals surface area contributed by atoms with Crippen molar-refractivity contribution in [3.8, 4) is 0 Å². The second-order valence-corrected chi connectivity index (χ2v) is 10.1. The quantitative estimate of drug-likeness (QED) is 0.700. The number of hydrogen-bond acceptors (Lipinski definition) is 6. The molecule has 10 nitrogen and oxygen atoms in total. The van der Waals surface area contributed by atoms with Gasteiger partial charge in [0, 0.05) is 57.1 Å². The number of carboxylic acids is 1. The van der Waals surface area contributed by atoms with Crippen molar-refractivity contribution >= 4 is 29.5 Å². The van der Waals surface area contributed by atoms with Gasteiger partial charge < -0.3 is 29.3 Å². The largest absolute Gasteiger partial charge is 0.481 e. The van der Waals surface area contributed by atoms with E-state index in [2.05, 4.69) is 4.90 Å². The molecule has 3 fully saturated rings. The molecule has 0 spiro atoms. The molecular formula is C24H34N4O6. The lowest BCUT2D eigenvalue weighted by Crippen LogP contribution is -2.54. The number of morpholine rings is 1. The number of amides is 3. The minimum atomic E-state index is -0.814. The van der Waals surface area contributed by atoms with Crippen molar-refractivity contribution in [2.75, 3.05) is 55.7 Å². The van der Waals surface area contributed by atoms with Gasteiger partial charge in [-0.3, -0.25) is 9.69 Å². The van der Waals surface area contributed by atoms with Crippen molar-refractivity contribution in [1.29, 1.82) is 0 Å². The van der Waals surface area contributed by atoms with Gasteiger partial charge in [-0.15, -0.1) is 0 Å². The third-order valence-electron chi connectivity index (χ3n) is 6.35. The molecule has 3 saturated heterocycles. The van der Waals surface area contributed by atoms with Crippen molar-refractivity contribution in [2.24, 2.45) is 0 Å². The van der Waals surface area contributed by atoms with Gasteiger partial charge in [0.25, 0.3) is 0 Å². The molecule has 3 heterocycles. The minimum absolute atomic E-state index is 0.0401. The van der Waals surface area contributed by atoms with Crippen LogP contribution in [0.15, 0.2) is 24.3 Å². The van der Waals surface area contributed by atoms with Crippen LogP contribution in [0.25, 0.3) is 0 Å². The van der Waals surface area contributed by atoms with Gasteiger partial charge in [0.05, 0.1) is 18.8 Å². The lowest BCUT2D eigenvalue weighted by atomic mass is 10.1. The highest BCUT2D eigenvalue weighted by Gasteiger charge is 2.43. The van der Waals surface area contributed by atoms with Gasteiger partial charge in [-0.1, -0.05) is 0 Å². The normalized spacial score (nSPS) is 23.2. The highest BCUT2D eigenvalue weighted by molar-refractivity contribution is 5.95. The number of carboxylic acid groups (broad SMARTS) is 1. The highest BCUT2D eigenvalue weighted by Crippen LogP contribution is 2.29. The van der Waals surface area contributed by atoms with E-state index in [-0.39, 0.29) is 30.7 Å². The number of hydrogen-bond donors (Lipinski definition) is 1. The summed E-state index contributed by atoms with van der Waals surface area (Å²) in [6.07, 6.45) is 0.143. The number of nitrogens with zero attached hydrogens (tertiary/aromatic N) is 4. The summed E-state index contributed by atoms with van der Waals surface area (Å²) in [5.41, 5.74) is 1.29. The van der Waals surface area contributed by atoms with Crippen LogP contribution in [-0.2, 0) is 14.3 Å². The predicted octanol–water partition coefficient (Wildman–Crippen LogP) is 2.62. The highest BCUT2D eigenvalue weighted by atomic mass is 16.6. The van der Waals surface area contributed by atoms with Crippen molar-refractivity contribution in [3.05, 3.63) is 24.3 Å². The lowest BCUT2D eigenvalue weighted by Gasteiger charge is -2.36. The van der Waals surface area contributed by atoms with Crippen LogP contribution in [0, 0.1) is 0 Å². The molecule has 0 radical (unpaired) electrons. The second kappa shape index (κ2) is 9.69. The Balaban J connectivity index is 1.37. The van der Waals surface area contributed by atoms with E-state index >= 15 is 0 Å². The zero-order chi connectivity index (χ0) is 24.5. The molecule has 2 unspecified atom stereocenters. The van der Waals surface area contributed by atoms with Gasteiger partial charge >= 0.3 is 18.1 Å². The van der Waals surface area contributed by atoms with Crippen LogP contribution >= 0.6 is 0 Å². The Hall–Kier alpha value is -3.01. The number of piperazine rings is 1. The summed E-state index contributed by atoms with van der Waals surface area (Å²) in [6, 6.07) is 7.77. The van der Waals surface area contributed by atoms with Gasteiger partial charge in [0.1, 0.15) is 5.60 Å². The maximum absolute atomic E-state index is 13.0. The van der Waals surface area contributed by atoms with Gasteiger partial charge in [0.2, 0.25) is 0 Å². The van der Waals surface area contributed by atoms with E-state index in [1.54, 1.807) is 9.80 Å². The van der Waals surface area contributed by atoms with E-state index in [4.69, 9.17) is 14.6 Å². The number of aliphatic carboxylic acids is 1. The summed E-state index contributed by atoms with van der Waals surface area (Å²) in [5, 5.41) is 8.92. The van der Waals surface area contributed by atoms with Crippen LogP contribution in [-0.4, -0.2) is 96.6 Å². The number of benzene rings is 1. The molecule has 1 aromatic carbocycles. The Morgan fingerprint density at radius 1 is 1.06 bits per heavy atom. The summed E-state index contributed by atoms with van der Waals surface area (Å²) in [7, 11) is 0. The first-order chi connectivity index (χ1) is 16.1. The molecule has 3 amide bonds. The van der Waals surface area contributed by atoms with Gasteiger partial charge in [-0.2, -0.15) is 0 Å². The Morgan fingerprint density at radius 2 is 1.76 bits per heavy atom. The number of urea groups is 1. The number of rotatable bonds is 5. The Labute approximate surface area is 200 Å². The molecule has 10 heteroatoms. The molecule has 0 aliphatic carbocycles. The van der Waals surface area contributed by atoms with Crippen LogP contribution in [0.3, 0.4) is 0 Å². The van der Waals surface area contributed by atoms with E-state index in [0.29, 0.717) is 45.8 Å². The topological polar surface area (TPSA) is 103 Å². The fourth-order valence-corrected chi connectivity index (χ4v) is 4.67. The van der Waals surface area contributed by atoms with E-state index < -0.39 is 11.6 Å². The molecule has 0 aromatic heterocycles. The lowest BCUT2D eigenvalue weighted by molar-refractivity contribution is -0.137. The van der Waals surface area contributed by atoms with Crippen LogP contribution < -0.4 is 9.80 Å². The minimum Gasteiger partial charge on any atom is -0.481 e. The zero-order valence-electron chi connectivity index (χ0n) is 20.1. The molecule has 0 saturated carbocycles. The summed E-state index contributed by atoms with van der Waals surface area (Å²) >= 11 is 0. The maximum atomic E-state index is 13.0. The summed E-state index contributed by atoms with van der Waals surface area (Å²) < 4.78 is 11.2. The molecule has 3 aliphatic rings. The Morgan fingerprint density at radius 3 is 2.44 bits per heavy atom. The summed E-state index contributed by atoms with van der Waals surface area (Å²) in [5.74, 6) is -0.814. The summed E-state index contributed by atoms with van der Waals surface area (Å²) in [6.45, 7) is 9.41. The SMILES string of the molecule is CC(C)(C)OC(=O)N1CCN2C(=O)N(c3ccc(N4CCOC(CCC(=O)O)C4)cc3)CC2C1. The van der Waals surface area contributed by atoms with Gasteiger partial charge in [0.15, 0.2) is 0 Å². The van der Waals surface area contributed by atoms with Gasteiger partial charge in [-0.05, 0) is 51.5 Å². The van der Waals surface area contributed by atoms with Crippen LogP contribution in [0.2, 0.25) is 0 Å². The predicted molar refractivity (Wildman–Crippen MR) is 126 cm³/mol. The molecule has 0 bridgehead atoms. The molecule has 34 heavy (non-hydrogen) atoms. The smallest absolute Gasteiger partial charge is 0.410 e. The van der Waals surface area contributed by atoms with Crippen molar-refractivity contribution in [1.82, 2.24) is 9.80 Å². The summed E-state index contributed by atoms with van der Waals surface area (Å²) in [4.78, 5) is 43.8. The van der Waals surface area contributed by atoms with Gasteiger partial charge in [-0.25, -0.2) is 9.59 Å². The first-order valence-electron chi connectivity index (χ1n) is 11.9. The second-order valence-electron chi connectivity index (χ2n) is 10.1. The molecular weight excluding hydrogens is 440 g/mol. The first kappa shape index (κ1) is 24.1. The fraction of sp³-hybridized carbons (Fsp3) is 0.625. The average molecular weight is 475 g/mol. The fourth-order valence-electron chi connectivity index (χ4n) is 4.67. The average Bonchev–Trinajstić information content (AvgIpc) is 3.12. The number of anilines is 2. The Bertz CT molecular complexity index is 915. The number of carbonyl (C=O) groups is 3. The van der Waals surface area contributed by atoms with E-state index in [1.165, 1.54) is 0 Å². The molecule has 1 aromatic rings.